The van der Waals surface area contributed by atoms with Gasteiger partial charge >= 0.3 is 0 Å². The highest BCUT2D eigenvalue weighted by Gasteiger charge is 2.16. The van der Waals surface area contributed by atoms with Crippen molar-refractivity contribution >= 4 is 16.7 Å². The van der Waals surface area contributed by atoms with E-state index < -0.39 is 0 Å². The van der Waals surface area contributed by atoms with Gasteiger partial charge in [-0.25, -0.2) is 9.83 Å². The SMILES string of the molecule is [C-]#[N+]c1ccc2c(c1)nc(COc1ccc(OC3CCCC3)cc1)n2CCC. The molecular formula is C23H25N3O2. The molecule has 0 N–H and O–H groups in total. The van der Waals surface area contributed by atoms with E-state index in [-0.39, 0.29) is 0 Å². The van der Waals surface area contributed by atoms with Crippen molar-refractivity contribution in [3.8, 4) is 11.5 Å². The van der Waals surface area contributed by atoms with Crippen molar-refractivity contribution in [2.75, 3.05) is 0 Å². The van der Waals surface area contributed by atoms with Crippen LogP contribution in [0.5, 0.6) is 11.5 Å². The number of hydrogen-bond donors (Lipinski definition) is 0. The molecule has 0 amide bonds. The van der Waals surface area contributed by atoms with E-state index in [1.807, 2.05) is 42.5 Å². The summed E-state index contributed by atoms with van der Waals surface area (Å²) in [7, 11) is 0. The number of aryl methyl sites for hydroxylation is 1. The fourth-order valence-electron chi connectivity index (χ4n) is 3.78. The molecule has 0 spiro atoms. The maximum absolute atomic E-state index is 7.20. The largest absolute Gasteiger partial charge is 0.490 e. The molecule has 1 aliphatic rings. The van der Waals surface area contributed by atoms with Crippen molar-refractivity contribution < 1.29 is 9.47 Å². The minimum Gasteiger partial charge on any atom is -0.490 e. The highest BCUT2D eigenvalue weighted by Crippen LogP contribution is 2.27. The van der Waals surface area contributed by atoms with Gasteiger partial charge in [-0.2, -0.15) is 0 Å². The van der Waals surface area contributed by atoms with Crippen LogP contribution in [-0.4, -0.2) is 15.7 Å². The summed E-state index contributed by atoms with van der Waals surface area (Å²) in [5, 5.41) is 0. The van der Waals surface area contributed by atoms with Crippen LogP contribution >= 0.6 is 0 Å². The lowest BCUT2D eigenvalue weighted by Gasteiger charge is -2.13. The van der Waals surface area contributed by atoms with Crippen molar-refractivity contribution in [3.05, 3.63) is 59.7 Å². The van der Waals surface area contributed by atoms with Gasteiger partial charge in [0.2, 0.25) is 0 Å². The van der Waals surface area contributed by atoms with E-state index in [2.05, 4.69) is 16.3 Å². The van der Waals surface area contributed by atoms with E-state index in [1.54, 1.807) is 0 Å². The summed E-state index contributed by atoms with van der Waals surface area (Å²) in [5.41, 5.74) is 2.51. The minimum atomic E-state index is 0.362. The summed E-state index contributed by atoms with van der Waals surface area (Å²) in [6.07, 6.45) is 6.21. The van der Waals surface area contributed by atoms with Crippen molar-refractivity contribution in [2.24, 2.45) is 0 Å². The van der Waals surface area contributed by atoms with E-state index >= 15 is 0 Å². The Hall–Kier alpha value is -3.00. The van der Waals surface area contributed by atoms with Gasteiger partial charge in [0.15, 0.2) is 5.69 Å². The predicted octanol–water partition coefficient (Wildman–Crippen LogP) is 5.90. The van der Waals surface area contributed by atoms with Gasteiger partial charge in [0.1, 0.15) is 23.9 Å². The van der Waals surface area contributed by atoms with Gasteiger partial charge in [0.05, 0.1) is 23.7 Å². The molecule has 5 nitrogen and oxygen atoms in total. The first-order chi connectivity index (χ1) is 13.8. The molecule has 1 aromatic heterocycles. The molecule has 0 aliphatic heterocycles. The number of benzene rings is 2. The maximum atomic E-state index is 7.20. The number of fused-ring (bicyclic) bond motifs is 1. The first-order valence-corrected chi connectivity index (χ1v) is 10.0. The van der Waals surface area contributed by atoms with Crippen LogP contribution in [0.1, 0.15) is 44.9 Å². The monoisotopic (exact) mass is 375 g/mol. The third-order valence-electron chi connectivity index (χ3n) is 5.18. The Kier molecular flexibility index (Phi) is 5.48. The van der Waals surface area contributed by atoms with E-state index in [0.717, 1.165) is 54.2 Å². The van der Waals surface area contributed by atoms with Gasteiger partial charge < -0.3 is 14.0 Å². The smallest absolute Gasteiger partial charge is 0.189 e. The summed E-state index contributed by atoms with van der Waals surface area (Å²) in [6.45, 7) is 10.6. The lowest BCUT2D eigenvalue weighted by atomic mass is 10.3. The van der Waals surface area contributed by atoms with Crippen LogP contribution in [0.3, 0.4) is 0 Å². The molecule has 0 atom stereocenters. The third kappa shape index (κ3) is 3.96. The topological polar surface area (TPSA) is 40.6 Å². The van der Waals surface area contributed by atoms with E-state index in [0.29, 0.717) is 18.4 Å². The fraction of sp³-hybridized carbons (Fsp3) is 0.391. The first-order valence-electron chi connectivity index (χ1n) is 10.0. The molecule has 0 saturated heterocycles. The number of aromatic nitrogens is 2. The van der Waals surface area contributed by atoms with Gasteiger partial charge in [0, 0.05) is 6.54 Å². The summed E-state index contributed by atoms with van der Waals surface area (Å²) < 4.78 is 14.2. The van der Waals surface area contributed by atoms with Crippen molar-refractivity contribution in [3.63, 3.8) is 0 Å². The highest BCUT2D eigenvalue weighted by atomic mass is 16.5. The molecule has 28 heavy (non-hydrogen) atoms. The average Bonchev–Trinajstić information content (AvgIpc) is 3.35. The Morgan fingerprint density at radius 3 is 2.57 bits per heavy atom. The molecule has 1 aliphatic carbocycles. The Morgan fingerprint density at radius 1 is 1.11 bits per heavy atom. The number of nitrogens with zero attached hydrogens (tertiary/aromatic N) is 3. The van der Waals surface area contributed by atoms with Crippen molar-refractivity contribution in [1.82, 2.24) is 9.55 Å². The average molecular weight is 375 g/mol. The second-order valence-corrected chi connectivity index (χ2v) is 7.25. The van der Waals surface area contributed by atoms with Crippen molar-refractivity contribution in [1.29, 1.82) is 0 Å². The summed E-state index contributed by atoms with van der Waals surface area (Å²) in [6, 6.07) is 13.5. The van der Waals surface area contributed by atoms with Gasteiger partial charge in [-0.1, -0.05) is 13.0 Å². The number of rotatable bonds is 7. The Morgan fingerprint density at radius 2 is 1.86 bits per heavy atom. The normalized spacial score (nSPS) is 14.3. The highest BCUT2D eigenvalue weighted by molar-refractivity contribution is 5.80. The summed E-state index contributed by atoms with van der Waals surface area (Å²) in [5.74, 6) is 2.59. The van der Waals surface area contributed by atoms with Gasteiger partial charge in [0.25, 0.3) is 0 Å². The quantitative estimate of drug-likeness (QED) is 0.483. The van der Waals surface area contributed by atoms with E-state index in [4.69, 9.17) is 21.0 Å². The number of hydrogen-bond acceptors (Lipinski definition) is 3. The predicted molar refractivity (Wildman–Crippen MR) is 110 cm³/mol. The van der Waals surface area contributed by atoms with Crippen LogP contribution in [0.4, 0.5) is 5.69 Å². The second kappa shape index (κ2) is 8.35. The van der Waals surface area contributed by atoms with Gasteiger partial charge in [-0.05, 0) is 68.5 Å². The lowest BCUT2D eigenvalue weighted by Crippen LogP contribution is -2.10. The van der Waals surface area contributed by atoms with Crippen molar-refractivity contribution in [2.45, 2.75) is 58.3 Å². The zero-order valence-corrected chi connectivity index (χ0v) is 16.2. The first kappa shape index (κ1) is 18.4. The minimum absolute atomic E-state index is 0.362. The van der Waals surface area contributed by atoms with Gasteiger partial charge in [-0.3, -0.25) is 0 Å². The van der Waals surface area contributed by atoms with E-state index in [1.165, 1.54) is 12.8 Å². The molecule has 2 aromatic carbocycles. The molecule has 1 saturated carbocycles. The van der Waals surface area contributed by atoms with Crippen LogP contribution in [0.25, 0.3) is 15.9 Å². The maximum Gasteiger partial charge on any atom is 0.189 e. The number of imidazole rings is 1. The molecule has 3 aromatic rings. The third-order valence-corrected chi connectivity index (χ3v) is 5.18. The molecule has 1 fully saturated rings. The molecular weight excluding hydrogens is 350 g/mol. The molecule has 5 heteroatoms. The Balaban J connectivity index is 1.47. The van der Waals surface area contributed by atoms with Crippen LogP contribution in [0, 0.1) is 6.57 Å². The fourth-order valence-corrected chi connectivity index (χ4v) is 3.78. The van der Waals surface area contributed by atoms with Crippen LogP contribution in [0.2, 0.25) is 0 Å². The standard InChI is InChI=1S/C23H25N3O2/c1-3-14-26-22-13-8-17(24-2)15-21(22)25-23(26)16-27-18-9-11-20(12-10-18)28-19-6-4-5-7-19/h8-13,15,19H,3-7,14,16H2,1H3. The zero-order valence-electron chi connectivity index (χ0n) is 16.2. The molecule has 4 rings (SSSR count). The molecule has 0 bridgehead atoms. The summed E-state index contributed by atoms with van der Waals surface area (Å²) >= 11 is 0. The van der Waals surface area contributed by atoms with Crippen LogP contribution < -0.4 is 9.47 Å². The molecule has 0 radical (unpaired) electrons. The van der Waals surface area contributed by atoms with Gasteiger partial charge in [-0.15, -0.1) is 0 Å². The second-order valence-electron chi connectivity index (χ2n) is 7.25. The van der Waals surface area contributed by atoms with E-state index in [9.17, 15) is 0 Å². The zero-order chi connectivity index (χ0) is 19.3. The molecule has 0 unspecified atom stereocenters. The Labute approximate surface area is 165 Å². The molecule has 1 heterocycles. The van der Waals surface area contributed by atoms with Crippen LogP contribution in [0.15, 0.2) is 42.5 Å². The lowest BCUT2D eigenvalue weighted by molar-refractivity contribution is 0.209. The Bertz CT molecular complexity index is 979. The van der Waals surface area contributed by atoms with Crippen LogP contribution in [-0.2, 0) is 13.2 Å². The molecule has 144 valence electrons. The summed E-state index contributed by atoms with van der Waals surface area (Å²) in [4.78, 5) is 8.21. The number of ether oxygens (including phenoxy) is 2.